The smallest absolute Gasteiger partial charge is 0.339 e. The third-order valence-corrected chi connectivity index (χ3v) is 3.92. The molecular formula is C19H12O4. The molecule has 1 heterocycles. The van der Waals surface area contributed by atoms with E-state index in [2.05, 4.69) is 0 Å². The van der Waals surface area contributed by atoms with Crippen LogP contribution >= 0.6 is 0 Å². The molecule has 0 aliphatic heterocycles. The average molecular weight is 304 g/mol. The number of phenolic OH excluding ortho intramolecular Hbond substituents is 1. The number of hydrogen-bond acceptors (Lipinski definition) is 4. The zero-order valence-corrected chi connectivity index (χ0v) is 12.0. The first kappa shape index (κ1) is 13.4. The van der Waals surface area contributed by atoms with Gasteiger partial charge in [0, 0.05) is 10.9 Å². The highest BCUT2D eigenvalue weighted by atomic mass is 16.4. The van der Waals surface area contributed by atoms with Gasteiger partial charge in [0.1, 0.15) is 16.9 Å². The lowest BCUT2D eigenvalue weighted by Crippen LogP contribution is -1.97. The first-order valence-corrected chi connectivity index (χ1v) is 7.12. The van der Waals surface area contributed by atoms with Gasteiger partial charge in [-0.3, -0.25) is 0 Å². The van der Waals surface area contributed by atoms with E-state index in [0.717, 1.165) is 17.0 Å². The van der Waals surface area contributed by atoms with Crippen LogP contribution in [0.2, 0.25) is 0 Å². The molecule has 0 unspecified atom stereocenters. The minimum atomic E-state index is -0.660. The summed E-state index contributed by atoms with van der Waals surface area (Å²) in [6.45, 7) is 0. The van der Waals surface area contributed by atoms with E-state index in [1.54, 1.807) is 6.07 Å². The van der Waals surface area contributed by atoms with E-state index in [1.165, 1.54) is 0 Å². The van der Waals surface area contributed by atoms with Crippen molar-refractivity contribution >= 4 is 21.7 Å². The molecule has 0 aliphatic carbocycles. The zero-order valence-electron chi connectivity index (χ0n) is 12.0. The first-order chi connectivity index (χ1) is 11.2. The van der Waals surface area contributed by atoms with Gasteiger partial charge in [-0.15, -0.1) is 0 Å². The molecule has 4 nitrogen and oxygen atoms in total. The maximum absolute atomic E-state index is 11.6. The molecule has 4 rings (SSSR count). The van der Waals surface area contributed by atoms with E-state index in [9.17, 15) is 15.0 Å². The monoisotopic (exact) mass is 304 g/mol. The molecule has 4 aromatic rings. The molecule has 0 saturated carbocycles. The fourth-order valence-corrected chi connectivity index (χ4v) is 2.95. The van der Waals surface area contributed by atoms with Crippen molar-refractivity contribution in [2.24, 2.45) is 0 Å². The maximum atomic E-state index is 11.6. The molecule has 1 aromatic heterocycles. The highest BCUT2D eigenvalue weighted by molar-refractivity contribution is 6.16. The van der Waals surface area contributed by atoms with E-state index >= 15 is 0 Å². The van der Waals surface area contributed by atoms with E-state index in [-0.39, 0.29) is 22.5 Å². The van der Waals surface area contributed by atoms with Gasteiger partial charge in [-0.25, -0.2) is 4.79 Å². The van der Waals surface area contributed by atoms with Crippen LogP contribution in [0.1, 0.15) is 0 Å². The molecule has 0 spiro atoms. The summed E-state index contributed by atoms with van der Waals surface area (Å²) in [5, 5.41) is 22.4. The molecule has 0 atom stereocenters. The van der Waals surface area contributed by atoms with Gasteiger partial charge in [0.2, 0.25) is 0 Å². The number of benzene rings is 3. The third-order valence-electron chi connectivity index (χ3n) is 3.92. The molecule has 112 valence electrons. The Labute approximate surface area is 130 Å². The minimum absolute atomic E-state index is 0.105. The Morgan fingerprint density at radius 3 is 2.22 bits per heavy atom. The standard InChI is InChI=1S/C19H12O4/c20-14-10-15(21)23-19-13-9-5-4-8-12(13)16(18(22)17(14)19)11-6-2-1-3-7-11/h1-10,20,22H. The van der Waals surface area contributed by atoms with Crippen LogP contribution in [0.3, 0.4) is 0 Å². The van der Waals surface area contributed by atoms with E-state index in [0.29, 0.717) is 10.9 Å². The van der Waals surface area contributed by atoms with Gasteiger partial charge >= 0.3 is 5.63 Å². The highest BCUT2D eigenvalue weighted by Crippen LogP contribution is 2.45. The molecule has 23 heavy (non-hydrogen) atoms. The fourth-order valence-electron chi connectivity index (χ4n) is 2.95. The summed E-state index contributed by atoms with van der Waals surface area (Å²) in [4.78, 5) is 11.6. The van der Waals surface area contributed by atoms with Gasteiger partial charge in [-0.1, -0.05) is 54.6 Å². The molecular weight excluding hydrogens is 292 g/mol. The van der Waals surface area contributed by atoms with Crippen molar-refractivity contribution in [3.8, 4) is 22.6 Å². The van der Waals surface area contributed by atoms with Gasteiger partial charge in [0.15, 0.2) is 5.58 Å². The summed E-state index contributed by atoms with van der Waals surface area (Å²) in [5.41, 5.74) is 0.932. The molecule has 2 N–H and O–H groups in total. The third kappa shape index (κ3) is 1.96. The van der Waals surface area contributed by atoms with Gasteiger partial charge in [-0.05, 0) is 10.9 Å². The normalized spacial score (nSPS) is 11.1. The van der Waals surface area contributed by atoms with Gasteiger partial charge < -0.3 is 14.6 Å². The molecule has 0 amide bonds. The molecule has 0 saturated heterocycles. The highest BCUT2D eigenvalue weighted by Gasteiger charge is 2.19. The summed E-state index contributed by atoms with van der Waals surface area (Å²) >= 11 is 0. The van der Waals surface area contributed by atoms with Crippen molar-refractivity contribution in [2.45, 2.75) is 0 Å². The Morgan fingerprint density at radius 2 is 1.48 bits per heavy atom. The summed E-state index contributed by atoms with van der Waals surface area (Å²) < 4.78 is 5.25. The molecule has 0 radical (unpaired) electrons. The lowest BCUT2D eigenvalue weighted by atomic mass is 9.94. The van der Waals surface area contributed by atoms with Crippen molar-refractivity contribution < 1.29 is 14.6 Å². The van der Waals surface area contributed by atoms with Crippen LogP contribution in [0, 0.1) is 0 Å². The molecule has 0 bridgehead atoms. The van der Waals surface area contributed by atoms with Crippen LogP contribution in [-0.4, -0.2) is 10.2 Å². The van der Waals surface area contributed by atoms with Crippen LogP contribution in [0.4, 0.5) is 0 Å². The average Bonchev–Trinajstić information content (AvgIpc) is 2.55. The predicted molar refractivity (Wildman–Crippen MR) is 88.8 cm³/mol. The summed E-state index contributed by atoms with van der Waals surface area (Å²) in [6.07, 6.45) is 0. The summed E-state index contributed by atoms with van der Waals surface area (Å²) in [5.74, 6) is -0.400. The predicted octanol–water partition coefficient (Wildman–Crippen LogP) is 4.02. The maximum Gasteiger partial charge on any atom is 0.339 e. The van der Waals surface area contributed by atoms with Gasteiger partial charge in [0.25, 0.3) is 0 Å². The van der Waals surface area contributed by atoms with E-state index < -0.39 is 5.63 Å². The van der Waals surface area contributed by atoms with Crippen molar-refractivity contribution in [3.63, 3.8) is 0 Å². The van der Waals surface area contributed by atoms with Crippen molar-refractivity contribution in [2.75, 3.05) is 0 Å². The number of phenols is 1. The first-order valence-electron chi connectivity index (χ1n) is 7.12. The van der Waals surface area contributed by atoms with Crippen LogP contribution in [0.5, 0.6) is 11.5 Å². The summed E-state index contributed by atoms with van der Waals surface area (Å²) in [6, 6.07) is 17.7. The van der Waals surface area contributed by atoms with E-state index in [1.807, 2.05) is 48.5 Å². The fraction of sp³-hybridized carbons (Fsp3) is 0. The van der Waals surface area contributed by atoms with Gasteiger partial charge in [0.05, 0.1) is 6.07 Å². The van der Waals surface area contributed by atoms with E-state index in [4.69, 9.17) is 4.42 Å². The van der Waals surface area contributed by atoms with Gasteiger partial charge in [-0.2, -0.15) is 0 Å². The Kier molecular flexibility index (Phi) is 2.84. The van der Waals surface area contributed by atoms with Crippen molar-refractivity contribution in [1.29, 1.82) is 0 Å². The number of aromatic hydroxyl groups is 2. The summed E-state index contributed by atoms with van der Waals surface area (Å²) in [7, 11) is 0. The topological polar surface area (TPSA) is 70.7 Å². The number of fused-ring (bicyclic) bond motifs is 3. The van der Waals surface area contributed by atoms with Crippen molar-refractivity contribution in [3.05, 3.63) is 71.1 Å². The second kappa shape index (κ2) is 4.88. The quantitative estimate of drug-likeness (QED) is 0.411. The van der Waals surface area contributed by atoms with Crippen LogP contribution in [-0.2, 0) is 0 Å². The lowest BCUT2D eigenvalue weighted by Gasteiger charge is -2.13. The molecule has 0 fully saturated rings. The molecule has 0 aliphatic rings. The largest absolute Gasteiger partial charge is 0.507 e. The number of hydrogen-bond donors (Lipinski definition) is 2. The minimum Gasteiger partial charge on any atom is -0.507 e. The Balaban J connectivity index is 2.31. The Bertz CT molecular complexity index is 1100. The Morgan fingerprint density at radius 1 is 0.826 bits per heavy atom. The Hall–Kier alpha value is -3.27. The van der Waals surface area contributed by atoms with Crippen molar-refractivity contribution in [1.82, 2.24) is 0 Å². The number of rotatable bonds is 1. The SMILES string of the molecule is O=c1cc(O)c2c(O)c(-c3ccccc3)c3ccccc3c2o1. The van der Waals surface area contributed by atoms with Crippen LogP contribution in [0.15, 0.2) is 69.9 Å². The molecule has 4 heteroatoms. The van der Waals surface area contributed by atoms with Crippen LogP contribution in [0.25, 0.3) is 32.9 Å². The second-order valence-corrected chi connectivity index (χ2v) is 5.29. The lowest BCUT2D eigenvalue weighted by molar-refractivity contribution is 0.454. The second-order valence-electron chi connectivity index (χ2n) is 5.29. The zero-order chi connectivity index (χ0) is 16.0. The molecule has 3 aromatic carbocycles. The van der Waals surface area contributed by atoms with Crippen LogP contribution < -0.4 is 5.63 Å².